The summed E-state index contributed by atoms with van der Waals surface area (Å²) in [5.74, 6) is -2.31. The third-order valence-corrected chi connectivity index (χ3v) is 3.93. The van der Waals surface area contributed by atoms with E-state index in [9.17, 15) is 13.9 Å². The smallest absolute Gasteiger partial charge is 0.289 e. The number of benzene rings is 1. The Kier molecular flexibility index (Phi) is 8.15. The Balaban J connectivity index is 0.00000288. The van der Waals surface area contributed by atoms with Gasteiger partial charge in [-0.2, -0.15) is 0 Å². The Morgan fingerprint density at radius 1 is 1.29 bits per heavy atom. The normalized spacial score (nSPS) is 17.0. The zero-order valence-electron chi connectivity index (χ0n) is 13.9. The van der Waals surface area contributed by atoms with E-state index in [2.05, 4.69) is 5.32 Å². The van der Waals surface area contributed by atoms with Crippen molar-refractivity contribution in [2.75, 3.05) is 46.5 Å². The molecule has 0 spiro atoms. The van der Waals surface area contributed by atoms with Gasteiger partial charge in [-0.1, -0.05) is 6.07 Å². The molecule has 1 aliphatic rings. The number of halogens is 3. The molecule has 0 unspecified atom stereocenters. The van der Waals surface area contributed by atoms with E-state index >= 15 is 0 Å². The molecular weight excluding hydrogens is 342 g/mol. The Bertz CT molecular complexity index is 514. The van der Waals surface area contributed by atoms with E-state index < -0.39 is 18.6 Å². The van der Waals surface area contributed by atoms with E-state index in [0.29, 0.717) is 49.8 Å². The second kappa shape index (κ2) is 9.36. The summed E-state index contributed by atoms with van der Waals surface area (Å²) < 4.78 is 39.5. The van der Waals surface area contributed by atoms with Crippen LogP contribution in [-0.2, 0) is 0 Å². The number of nitrogens with one attached hydrogen (secondary N) is 1. The number of ether oxygens (including phenoxy) is 2. The van der Waals surface area contributed by atoms with E-state index in [-0.39, 0.29) is 12.4 Å². The van der Waals surface area contributed by atoms with Gasteiger partial charge in [0.2, 0.25) is 0 Å². The molecular formula is C16H25ClF2N2O3. The summed E-state index contributed by atoms with van der Waals surface area (Å²) in [6, 6.07) is 3.62. The molecule has 1 aromatic carbocycles. The highest BCUT2D eigenvalue weighted by Crippen LogP contribution is 2.39. The van der Waals surface area contributed by atoms with Crippen LogP contribution >= 0.6 is 12.4 Å². The first-order chi connectivity index (χ1) is 11.0. The van der Waals surface area contributed by atoms with Crippen LogP contribution in [0.2, 0.25) is 0 Å². The summed E-state index contributed by atoms with van der Waals surface area (Å²) in [6.45, 7) is 3.32. The Labute approximate surface area is 147 Å². The van der Waals surface area contributed by atoms with Crippen LogP contribution in [0.15, 0.2) is 18.2 Å². The van der Waals surface area contributed by atoms with E-state index in [0.717, 1.165) is 0 Å². The highest BCUT2D eigenvalue weighted by Gasteiger charge is 2.44. The first-order valence-corrected chi connectivity index (χ1v) is 7.77. The second-order valence-corrected chi connectivity index (χ2v) is 5.45. The number of methoxy groups -OCH3 is 1. The predicted octanol–water partition coefficient (Wildman–Crippen LogP) is 2.09. The number of aliphatic hydroxyl groups excluding tert-OH is 1. The van der Waals surface area contributed by atoms with Gasteiger partial charge >= 0.3 is 0 Å². The van der Waals surface area contributed by atoms with Crippen LogP contribution in [0.5, 0.6) is 11.5 Å². The van der Waals surface area contributed by atoms with Crippen LogP contribution in [0.1, 0.15) is 18.5 Å². The second-order valence-electron chi connectivity index (χ2n) is 5.45. The SMILES string of the molecule is CCOc1cc([C@@H](N2CCNCC2)C(F)(F)CO)ccc1OC.Cl. The Morgan fingerprint density at radius 2 is 1.96 bits per heavy atom. The van der Waals surface area contributed by atoms with Gasteiger partial charge in [0.25, 0.3) is 5.92 Å². The van der Waals surface area contributed by atoms with Gasteiger partial charge in [-0.3, -0.25) is 4.90 Å². The van der Waals surface area contributed by atoms with Gasteiger partial charge in [-0.05, 0) is 24.6 Å². The fourth-order valence-corrected chi connectivity index (χ4v) is 2.88. The van der Waals surface area contributed by atoms with Gasteiger partial charge in [0, 0.05) is 26.2 Å². The van der Waals surface area contributed by atoms with Gasteiger partial charge in [-0.25, -0.2) is 8.78 Å². The van der Waals surface area contributed by atoms with Crippen molar-refractivity contribution in [2.45, 2.75) is 18.9 Å². The van der Waals surface area contributed by atoms with Crippen molar-refractivity contribution in [3.05, 3.63) is 23.8 Å². The van der Waals surface area contributed by atoms with E-state index in [1.54, 1.807) is 23.1 Å². The molecule has 1 atom stereocenters. The lowest BCUT2D eigenvalue weighted by Crippen LogP contribution is -2.51. The van der Waals surface area contributed by atoms with Crippen molar-refractivity contribution in [3.8, 4) is 11.5 Å². The molecule has 24 heavy (non-hydrogen) atoms. The van der Waals surface area contributed by atoms with Crippen LogP contribution in [0.25, 0.3) is 0 Å². The number of aliphatic hydroxyl groups is 1. The summed E-state index contributed by atoms with van der Waals surface area (Å²) in [6.07, 6.45) is 0. The number of alkyl halides is 2. The van der Waals surface area contributed by atoms with Crippen LogP contribution in [0.4, 0.5) is 8.78 Å². The quantitative estimate of drug-likeness (QED) is 0.774. The minimum atomic E-state index is -3.24. The van der Waals surface area contributed by atoms with E-state index in [4.69, 9.17) is 9.47 Å². The molecule has 0 saturated carbocycles. The van der Waals surface area contributed by atoms with Crippen LogP contribution in [0, 0.1) is 0 Å². The lowest BCUT2D eigenvalue weighted by molar-refractivity contribution is -0.118. The average molecular weight is 367 g/mol. The molecule has 5 nitrogen and oxygen atoms in total. The Morgan fingerprint density at radius 3 is 2.50 bits per heavy atom. The van der Waals surface area contributed by atoms with E-state index in [1.807, 2.05) is 6.92 Å². The monoisotopic (exact) mass is 366 g/mol. The third-order valence-electron chi connectivity index (χ3n) is 3.93. The van der Waals surface area contributed by atoms with E-state index in [1.165, 1.54) is 7.11 Å². The molecule has 0 aromatic heterocycles. The maximum atomic E-state index is 14.4. The molecule has 0 amide bonds. The largest absolute Gasteiger partial charge is 0.493 e. The number of piperazine rings is 1. The number of rotatable bonds is 7. The van der Waals surface area contributed by atoms with Crippen molar-refractivity contribution in [3.63, 3.8) is 0 Å². The summed E-state index contributed by atoms with van der Waals surface area (Å²) >= 11 is 0. The maximum Gasteiger partial charge on any atom is 0.289 e. The molecule has 138 valence electrons. The topological polar surface area (TPSA) is 54.0 Å². The highest BCUT2D eigenvalue weighted by molar-refractivity contribution is 5.85. The maximum absolute atomic E-state index is 14.4. The zero-order chi connectivity index (χ0) is 16.9. The van der Waals surface area contributed by atoms with Crippen LogP contribution in [0.3, 0.4) is 0 Å². The van der Waals surface area contributed by atoms with Gasteiger partial charge in [0.15, 0.2) is 11.5 Å². The molecule has 1 saturated heterocycles. The van der Waals surface area contributed by atoms with Gasteiger partial charge in [0.05, 0.1) is 13.7 Å². The number of hydrogen-bond donors (Lipinski definition) is 2. The molecule has 0 radical (unpaired) electrons. The third kappa shape index (κ3) is 4.69. The van der Waals surface area contributed by atoms with Gasteiger partial charge in [-0.15, -0.1) is 12.4 Å². The van der Waals surface area contributed by atoms with Crippen LogP contribution < -0.4 is 14.8 Å². The summed E-state index contributed by atoms with van der Waals surface area (Å²) in [4.78, 5) is 1.70. The molecule has 8 heteroatoms. The summed E-state index contributed by atoms with van der Waals surface area (Å²) in [7, 11) is 1.51. The molecule has 2 rings (SSSR count). The minimum Gasteiger partial charge on any atom is -0.493 e. The summed E-state index contributed by atoms with van der Waals surface area (Å²) in [5, 5.41) is 12.3. The molecule has 0 aliphatic carbocycles. The summed E-state index contributed by atoms with van der Waals surface area (Å²) in [5.41, 5.74) is 0.412. The predicted molar refractivity (Wildman–Crippen MR) is 90.6 cm³/mol. The van der Waals surface area contributed by atoms with Crippen molar-refractivity contribution < 1.29 is 23.4 Å². The molecule has 2 N–H and O–H groups in total. The van der Waals surface area contributed by atoms with Gasteiger partial charge < -0.3 is 19.9 Å². The highest BCUT2D eigenvalue weighted by atomic mass is 35.5. The molecule has 1 heterocycles. The fourth-order valence-electron chi connectivity index (χ4n) is 2.88. The van der Waals surface area contributed by atoms with Gasteiger partial charge in [0.1, 0.15) is 12.6 Å². The molecule has 1 fully saturated rings. The van der Waals surface area contributed by atoms with Crippen molar-refractivity contribution in [1.82, 2.24) is 10.2 Å². The number of nitrogens with zero attached hydrogens (tertiary/aromatic N) is 1. The van der Waals surface area contributed by atoms with Crippen molar-refractivity contribution in [1.29, 1.82) is 0 Å². The first-order valence-electron chi connectivity index (χ1n) is 7.77. The number of hydrogen-bond acceptors (Lipinski definition) is 5. The molecule has 1 aliphatic heterocycles. The standard InChI is InChI=1S/C16H24F2N2O3.ClH/c1-3-23-14-10-12(4-5-13(14)22-2)15(16(17,18)11-21)20-8-6-19-7-9-20;/h4-5,10,15,19,21H,3,6-9,11H2,1-2H3;1H/t15-;/m1./s1. The lowest BCUT2D eigenvalue weighted by Gasteiger charge is -2.38. The molecule has 1 aromatic rings. The fraction of sp³-hybridized carbons (Fsp3) is 0.625. The van der Waals surface area contributed by atoms with Crippen molar-refractivity contribution in [2.24, 2.45) is 0 Å². The lowest BCUT2D eigenvalue weighted by atomic mass is 9.97. The van der Waals surface area contributed by atoms with Crippen LogP contribution in [-0.4, -0.2) is 62.4 Å². The average Bonchev–Trinajstić information content (AvgIpc) is 2.56. The first kappa shape index (κ1) is 20.9. The van der Waals surface area contributed by atoms with Crippen molar-refractivity contribution >= 4 is 12.4 Å². The zero-order valence-corrected chi connectivity index (χ0v) is 14.7. The minimum absolute atomic E-state index is 0. The molecule has 0 bridgehead atoms. The Hall–Kier alpha value is -1.15.